The van der Waals surface area contributed by atoms with Gasteiger partial charge in [-0.25, -0.2) is 0 Å². The van der Waals surface area contributed by atoms with Crippen LogP contribution in [0.2, 0.25) is 0 Å². The summed E-state index contributed by atoms with van der Waals surface area (Å²) in [5, 5.41) is 22.2. The van der Waals surface area contributed by atoms with Crippen LogP contribution in [0.1, 0.15) is 41.6 Å². The lowest BCUT2D eigenvalue weighted by atomic mass is 9.55. The highest BCUT2D eigenvalue weighted by molar-refractivity contribution is 5.94. The molecular formula is C26H32N2O3. The molecule has 3 atom stereocenters. The molecule has 1 aliphatic carbocycles. The fourth-order valence-corrected chi connectivity index (χ4v) is 5.66. The number of benzene rings is 2. The number of carbonyl (C=O) groups is 1. The second-order valence-electron chi connectivity index (χ2n) is 9.12. The molecule has 0 bridgehead atoms. The molecule has 0 radical (unpaired) electrons. The van der Waals surface area contributed by atoms with Gasteiger partial charge in [0.1, 0.15) is 5.75 Å². The summed E-state index contributed by atoms with van der Waals surface area (Å²) in [5.74, 6) is 0.213. The van der Waals surface area contributed by atoms with Gasteiger partial charge in [-0.2, -0.15) is 0 Å². The maximum atomic E-state index is 13.1. The van der Waals surface area contributed by atoms with E-state index < -0.39 is 11.0 Å². The van der Waals surface area contributed by atoms with Crippen LogP contribution in [0.5, 0.6) is 5.75 Å². The standard InChI is InChI=1S/C26H32N2O3/c1-3-15-28-16-14-25(21-10-7-11-23(29)17-21)18-22(12-13-26(25,31)19-28)27(2)24(30)20-8-5-4-6-9-20/h3-11,17,22,29,31H,1,12-16,18-19H2,2H3. The number of carbonyl (C=O) groups excluding carboxylic acids is 1. The molecule has 164 valence electrons. The van der Waals surface area contributed by atoms with Gasteiger partial charge in [0, 0.05) is 37.2 Å². The number of hydrogen-bond acceptors (Lipinski definition) is 4. The van der Waals surface area contributed by atoms with Crippen molar-refractivity contribution in [2.24, 2.45) is 0 Å². The van der Waals surface area contributed by atoms with Crippen molar-refractivity contribution < 1.29 is 15.0 Å². The van der Waals surface area contributed by atoms with Crippen molar-refractivity contribution in [1.29, 1.82) is 0 Å². The first kappa shape index (κ1) is 21.6. The number of rotatable bonds is 5. The van der Waals surface area contributed by atoms with E-state index in [2.05, 4.69) is 11.5 Å². The largest absolute Gasteiger partial charge is 0.508 e. The zero-order chi connectivity index (χ0) is 22.1. The molecule has 2 aliphatic rings. The maximum absolute atomic E-state index is 13.1. The van der Waals surface area contributed by atoms with Crippen molar-refractivity contribution in [3.63, 3.8) is 0 Å². The molecule has 1 heterocycles. The highest BCUT2D eigenvalue weighted by Crippen LogP contribution is 2.52. The van der Waals surface area contributed by atoms with Crippen molar-refractivity contribution in [3.05, 3.63) is 78.4 Å². The molecule has 2 N–H and O–H groups in total. The van der Waals surface area contributed by atoms with E-state index >= 15 is 0 Å². The van der Waals surface area contributed by atoms with E-state index in [0.717, 1.165) is 31.5 Å². The van der Waals surface area contributed by atoms with Gasteiger partial charge in [-0.1, -0.05) is 36.4 Å². The summed E-state index contributed by atoms with van der Waals surface area (Å²) in [6.45, 7) is 6.00. The lowest BCUT2D eigenvalue weighted by Gasteiger charge is -2.59. The van der Waals surface area contributed by atoms with Gasteiger partial charge in [0.25, 0.3) is 5.91 Å². The molecule has 1 saturated heterocycles. The lowest BCUT2D eigenvalue weighted by Crippen LogP contribution is -2.67. The van der Waals surface area contributed by atoms with Gasteiger partial charge in [0.05, 0.1) is 5.60 Å². The number of fused-ring (bicyclic) bond motifs is 1. The first-order valence-electron chi connectivity index (χ1n) is 11.1. The fraction of sp³-hybridized carbons (Fsp3) is 0.423. The highest BCUT2D eigenvalue weighted by Gasteiger charge is 2.58. The molecular weight excluding hydrogens is 388 g/mol. The van der Waals surface area contributed by atoms with Gasteiger partial charge in [-0.05, 0) is 62.1 Å². The van der Waals surface area contributed by atoms with E-state index in [4.69, 9.17) is 0 Å². The summed E-state index contributed by atoms with van der Waals surface area (Å²) in [7, 11) is 1.87. The Balaban J connectivity index is 1.68. The van der Waals surface area contributed by atoms with Crippen molar-refractivity contribution >= 4 is 5.91 Å². The van der Waals surface area contributed by atoms with Gasteiger partial charge in [0.2, 0.25) is 0 Å². The molecule has 2 fully saturated rings. The van der Waals surface area contributed by atoms with Crippen LogP contribution < -0.4 is 0 Å². The van der Waals surface area contributed by atoms with E-state index in [-0.39, 0.29) is 17.7 Å². The average molecular weight is 421 g/mol. The lowest BCUT2D eigenvalue weighted by molar-refractivity contribution is -0.130. The number of phenols is 1. The van der Waals surface area contributed by atoms with E-state index in [1.54, 1.807) is 12.1 Å². The number of β-amino-alcohol motifs (C(OH)–C–C–N with tert-alkyl or cyclic N) is 1. The van der Waals surface area contributed by atoms with E-state index in [1.807, 2.05) is 60.5 Å². The smallest absolute Gasteiger partial charge is 0.253 e. The van der Waals surface area contributed by atoms with Gasteiger partial charge in [-0.3, -0.25) is 9.69 Å². The summed E-state index contributed by atoms with van der Waals surface area (Å²) in [4.78, 5) is 17.2. The average Bonchev–Trinajstić information content (AvgIpc) is 2.78. The molecule has 5 nitrogen and oxygen atoms in total. The van der Waals surface area contributed by atoms with Crippen LogP contribution in [-0.4, -0.2) is 64.2 Å². The van der Waals surface area contributed by atoms with Crippen LogP contribution in [0.4, 0.5) is 0 Å². The Morgan fingerprint density at radius 3 is 2.71 bits per heavy atom. The Morgan fingerprint density at radius 1 is 1.23 bits per heavy atom. The quantitative estimate of drug-likeness (QED) is 0.726. The minimum Gasteiger partial charge on any atom is -0.508 e. The Labute approximate surface area is 184 Å². The monoisotopic (exact) mass is 420 g/mol. The molecule has 5 heteroatoms. The Morgan fingerprint density at radius 2 is 2.00 bits per heavy atom. The zero-order valence-electron chi connectivity index (χ0n) is 18.2. The number of nitrogens with zero attached hydrogens (tertiary/aromatic N) is 2. The second kappa shape index (κ2) is 8.48. The molecule has 31 heavy (non-hydrogen) atoms. The summed E-state index contributed by atoms with van der Waals surface area (Å²) < 4.78 is 0. The number of phenolic OH excluding ortho intramolecular Hbond substituents is 1. The van der Waals surface area contributed by atoms with Crippen LogP contribution >= 0.6 is 0 Å². The Bertz CT molecular complexity index is 947. The van der Waals surface area contributed by atoms with E-state index in [0.29, 0.717) is 24.9 Å². The molecule has 4 rings (SSSR count). The van der Waals surface area contributed by atoms with E-state index in [9.17, 15) is 15.0 Å². The van der Waals surface area contributed by atoms with Crippen LogP contribution in [-0.2, 0) is 5.41 Å². The maximum Gasteiger partial charge on any atom is 0.253 e. The summed E-state index contributed by atoms with van der Waals surface area (Å²) in [6, 6.07) is 16.7. The van der Waals surface area contributed by atoms with Crippen LogP contribution in [0.15, 0.2) is 67.3 Å². The number of aliphatic hydroxyl groups is 1. The van der Waals surface area contributed by atoms with Crippen LogP contribution in [0.25, 0.3) is 0 Å². The predicted octanol–water partition coefficient (Wildman–Crippen LogP) is 3.58. The molecule has 0 aromatic heterocycles. The number of amides is 1. The zero-order valence-corrected chi connectivity index (χ0v) is 18.2. The summed E-state index contributed by atoms with van der Waals surface area (Å²) >= 11 is 0. The Kier molecular flexibility index (Phi) is 5.91. The van der Waals surface area contributed by atoms with Gasteiger partial charge in [0.15, 0.2) is 0 Å². The molecule has 2 aromatic rings. The second-order valence-corrected chi connectivity index (χ2v) is 9.12. The third-order valence-electron chi connectivity index (χ3n) is 7.38. The molecule has 1 amide bonds. The third-order valence-corrected chi connectivity index (χ3v) is 7.38. The third kappa shape index (κ3) is 3.88. The number of hydrogen-bond donors (Lipinski definition) is 2. The van der Waals surface area contributed by atoms with Crippen molar-refractivity contribution in [2.45, 2.75) is 42.7 Å². The molecule has 1 saturated carbocycles. The minimum atomic E-state index is -0.921. The fourth-order valence-electron chi connectivity index (χ4n) is 5.66. The van der Waals surface area contributed by atoms with Crippen molar-refractivity contribution in [2.75, 3.05) is 26.7 Å². The van der Waals surface area contributed by atoms with Gasteiger partial charge < -0.3 is 15.1 Å². The topological polar surface area (TPSA) is 64.0 Å². The van der Waals surface area contributed by atoms with Crippen molar-refractivity contribution in [1.82, 2.24) is 9.80 Å². The number of aromatic hydroxyl groups is 1. The molecule has 0 spiro atoms. The molecule has 1 aliphatic heterocycles. The summed E-state index contributed by atoms with van der Waals surface area (Å²) in [5.41, 5.74) is 0.198. The van der Waals surface area contributed by atoms with E-state index in [1.165, 1.54) is 0 Å². The predicted molar refractivity (Wildman–Crippen MR) is 122 cm³/mol. The van der Waals surface area contributed by atoms with Gasteiger partial charge in [-0.15, -0.1) is 6.58 Å². The van der Waals surface area contributed by atoms with Crippen LogP contribution in [0, 0.1) is 0 Å². The highest BCUT2D eigenvalue weighted by atomic mass is 16.3. The first-order valence-corrected chi connectivity index (χ1v) is 11.1. The summed E-state index contributed by atoms with van der Waals surface area (Å²) in [6.07, 6.45) is 4.67. The SMILES string of the molecule is C=CCN1CCC2(c3cccc(O)c3)CC(N(C)C(=O)c3ccccc3)CCC2(O)C1. The minimum absolute atomic E-state index is 0.00573. The number of likely N-dealkylation sites (tertiary alicyclic amines) is 1. The normalized spacial score (nSPS) is 28.5. The van der Waals surface area contributed by atoms with Crippen LogP contribution in [0.3, 0.4) is 0 Å². The van der Waals surface area contributed by atoms with Gasteiger partial charge >= 0.3 is 0 Å². The van der Waals surface area contributed by atoms with Crippen molar-refractivity contribution in [3.8, 4) is 5.75 Å². The number of piperidine rings is 1. The molecule has 2 aromatic carbocycles. The molecule has 3 unspecified atom stereocenters. The Hall–Kier alpha value is -2.63. The first-order chi connectivity index (χ1) is 14.9.